The molecule has 0 amide bonds. The van der Waals surface area contributed by atoms with Crippen molar-refractivity contribution in [3.63, 3.8) is 0 Å². The van der Waals surface area contributed by atoms with E-state index in [1.165, 1.54) is 6.07 Å². The normalized spacial score (nSPS) is 18.3. The molecule has 4 nitrogen and oxygen atoms in total. The molecule has 3 aromatic rings. The van der Waals surface area contributed by atoms with Crippen molar-refractivity contribution < 1.29 is 31.1 Å². The van der Waals surface area contributed by atoms with Crippen LogP contribution >= 0.6 is 0 Å². The third-order valence-corrected chi connectivity index (χ3v) is 12.5. The van der Waals surface area contributed by atoms with Crippen LogP contribution in [0.4, 0.5) is 22.0 Å². The highest BCUT2D eigenvalue weighted by molar-refractivity contribution is 6.74. The molecule has 1 aromatic heterocycles. The number of pyridine rings is 1. The summed E-state index contributed by atoms with van der Waals surface area (Å²) in [6.07, 6.45) is -0.0189. The third kappa shape index (κ3) is 6.78. The first-order valence-corrected chi connectivity index (χ1v) is 16.0. The van der Waals surface area contributed by atoms with Crippen molar-refractivity contribution in [2.75, 3.05) is 6.61 Å². The maximum Gasteiger partial charge on any atom is 0.419 e. The molecule has 10 heteroatoms. The average Bonchev–Trinajstić information content (AvgIpc) is 2.81. The minimum absolute atomic E-state index is 0.0199. The number of nitrogens with one attached hydrogen (secondary N) is 1. The van der Waals surface area contributed by atoms with Crippen LogP contribution in [0.25, 0.3) is 10.8 Å². The molecule has 0 bridgehead atoms. The monoisotopic (exact) mass is 566 g/mol. The van der Waals surface area contributed by atoms with Crippen molar-refractivity contribution in [2.24, 2.45) is 0 Å². The Labute approximate surface area is 227 Å². The van der Waals surface area contributed by atoms with Crippen LogP contribution in [0.5, 0.6) is 5.75 Å². The van der Waals surface area contributed by atoms with Crippen molar-refractivity contribution in [3.05, 3.63) is 71.1 Å². The van der Waals surface area contributed by atoms with Gasteiger partial charge in [0.1, 0.15) is 23.5 Å². The van der Waals surface area contributed by atoms with Gasteiger partial charge in [0.25, 0.3) is 0 Å². The second-order valence-electron chi connectivity index (χ2n) is 11.7. The summed E-state index contributed by atoms with van der Waals surface area (Å²) >= 11 is 0. The topological polar surface area (TPSA) is 43.4 Å². The number of halogens is 5. The molecule has 0 spiro atoms. The molecule has 1 N–H and O–H groups in total. The smallest absolute Gasteiger partial charge is 0.419 e. The molecule has 39 heavy (non-hydrogen) atoms. The van der Waals surface area contributed by atoms with Crippen LogP contribution in [0.1, 0.15) is 50.3 Å². The van der Waals surface area contributed by atoms with Crippen LogP contribution in [0.15, 0.2) is 42.7 Å². The van der Waals surface area contributed by atoms with Crippen LogP contribution in [0.3, 0.4) is 0 Å². The lowest BCUT2D eigenvalue weighted by atomic mass is 9.88. The zero-order valence-electron chi connectivity index (χ0n) is 22.9. The lowest BCUT2D eigenvalue weighted by Gasteiger charge is -2.36. The van der Waals surface area contributed by atoms with Gasteiger partial charge >= 0.3 is 6.18 Å². The van der Waals surface area contributed by atoms with E-state index in [4.69, 9.17) is 9.16 Å². The Hall–Kier alpha value is -2.56. The SMILES string of the molecule is CC(C)(C)[Si](C)(C)OCCc1cc(F)c(CNC2CC(Oc3ccc(F)c(C(F)(F)F)c3)C2)c2ccncc12. The predicted molar refractivity (Wildman–Crippen MR) is 144 cm³/mol. The number of hydrogen-bond donors (Lipinski definition) is 1. The van der Waals surface area contributed by atoms with E-state index in [1.807, 2.05) is 6.07 Å². The number of nitrogens with zero attached hydrogens (tertiary/aromatic N) is 1. The molecule has 1 saturated carbocycles. The van der Waals surface area contributed by atoms with Crippen LogP contribution in [0.2, 0.25) is 18.1 Å². The second kappa shape index (κ2) is 11.1. The maximum absolute atomic E-state index is 15.3. The minimum atomic E-state index is -4.79. The molecule has 212 valence electrons. The average molecular weight is 567 g/mol. The number of hydrogen-bond acceptors (Lipinski definition) is 4. The molecule has 1 aliphatic rings. The second-order valence-corrected chi connectivity index (χ2v) is 16.5. The Balaban J connectivity index is 1.36. The standard InChI is InChI=1S/C29H35F5N2O2Si/c1-28(2,3)39(4,5)37-11-9-18-12-27(31)24(22-8-10-35-16-23(18)22)17-36-19-13-21(14-19)38-20-6-7-26(30)25(15-20)29(32,33)34/h6-8,10,12,15-16,19,21,36H,9,11,13-14,17H2,1-5H3. The fourth-order valence-corrected chi connectivity index (χ4v) is 5.49. The summed E-state index contributed by atoms with van der Waals surface area (Å²) in [5.74, 6) is -1.66. The zero-order chi connectivity index (χ0) is 28.6. The first kappa shape index (κ1) is 29.4. The van der Waals surface area contributed by atoms with E-state index in [1.54, 1.807) is 18.5 Å². The molecule has 0 radical (unpaired) electrons. The molecule has 1 aliphatic carbocycles. The first-order chi connectivity index (χ1) is 18.2. The van der Waals surface area contributed by atoms with E-state index in [-0.39, 0.29) is 28.8 Å². The van der Waals surface area contributed by atoms with Crippen molar-refractivity contribution >= 4 is 19.1 Å². The van der Waals surface area contributed by atoms with Gasteiger partial charge in [-0.05, 0) is 78.7 Å². The molecule has 1 heterocycles. The molecule has 0 atom stereocenters. The van der Waals surface area contributed by atoms with E-state index < -0.39 is 25.9 Å². The van der Waals surface area contributed by atoms with Crippen molar-refractivity contribution in [2.45, 2.75) is 83.0 Å². The van der Waals surface area contributed by atoms with Crippen LogP contribution in [-0.4, -0.2) is 32.1 Å². The van der Waals surface area contributed by atoms with Gasteiger partial charge in [0.05, 0.1) is 5.56 Å². The van der Waals surface area contributed by atoms with Gasteiger partial charge in [-0.25, -0.2) is 8.78 Å². The van der Waals surface area contributed by atoms with Gasteiger partial charge in [0.2, 0.25) is 0 Å². The molecule has 4 rings (SSSR count). The summed E-state index contributed by atoms with van der Waals surface area (Å²) < 4.78 is 79.6. The van der Waals surface area contributed by atoms with E-state index >= 15 is 4.39 Å². The van der Waals surface area contributed by atoms with Gasteiger partial charge in [-0.15, -0.1) is 0 Å². The van der Waals surface area contributed by atoms with Crippen LogP contribution in [-0.2, 0) is 23.6 Å². The third-order valence-electron chi connectivity index (χ3n) is 7.93. The molecular weight excluding hydrogens is 531 g/mol. The number of aromatic nitrogens is 1. The van der Waals surface area contributed by atoms with Gasteiger partial charge in [-0.2, -0.15) is 13.2 Å². The summed E-state index contributed by atoms with van der Waals surface area (Å²) in [5.41, 5.74) is 0.0488. The van der Waals surface area contributed by atoms with E-state index in [2.05, 4.69) is 44.2 Å². The summed E-state index contributed by atoms with van der Waals surface area (Å²) in [4.78, 5) is 4.25. The number of fused-ring (bicyclic) bond motifs is 1. The van der Waals surface area contributed by atoms with E-state index in [9.17, 15) is 17.6 Å². The van der Waals surface area contributed by atoms with Gasteiger partial charge in [0, 0.05) is 42.5 Å². The lowest BCUT2D eigenvalue weighted by molar-refractivity contribution is -0.140. The summed E-state index contributed by atoms with van der Waals surface area (Å²) in [6.45, 7) is 11.7. The van der Waals surface area contributed by atoms with Crippen LogP contribution in [0, 0.1) is 11.6 Å². The highest BCUT2D eigenvalue weighted by Gasteiger charge is 2.37. The quantitative estimate of drug-likeness (QED) is 0.212. The number of rotatable bonds is 9. The number of ether oxygens (including phenoxy) is 1. The van der Waals surface area contributed by atoms with Crippen molar-refractivity contribution in [1.29, 1.82) is 0 Å². The van der Waals surface area contributed by atoms with E-state index in [0.717, 1.165) is 22.4 Å². The Bertz CT molecular complexity index is 1320. The lowest BCUT2D eigenvalue weighted by Crippen LogP contribution is -2.46. The highest BCUT2D eigenvalue weighted by atomic mass is 28.4. The van der Waals surface area contributed by atoms with Gasteiger partial charge in [-0.3, -0.25) is 4.98 Å². The molecular formula is C29H35F5N2O2Si. The largest absolute Gasteiger partial charge is 0.490 e. The molecule has 0 saturated heterocycles. The van der Waals surface area contributed by atoms with E-state index in [0.29, 0.717) is 44.0 Å². The highest BCUT2D eigenvalue weighted by Crippen LogP contribution is 2.37. The molecule has 2 aromatic carbocycles. The van der Waals surface area contributed by atoms with Gasteiger partial charge < -0.3 is 14.5 Å². The Morgan fingerprint density at radius 1 is 1.00 bits per heavy atom. The van der Waals surface area contributed by atoms with Crippen LogP contribution < -0.4 is 10.1 Å². The Morgan fingerprint density at radius 2 is 1.72 bits per heavy atom. The van der Waals surface area contributed by atoms with Gasteiger partial charge in [0.15, 0.2) is 8.32 Å². The van der Waals surface area contributed by atoms with Crippen molar-refractivity contribution in [3.8, 4) is 5.75 Å². The maximum atomic E-state index is 15.3. The zero-order valence-corrected chi connectivity index (χ0v) is 23.9. The Morgan fingerprint density at radius 3 is 2.38 bits per heavy atom. The fraction of sp³-hybridized carbons (Fsp3) is 0.483. The predicted octanol–water partition coefficient (Wildman–Crippen LogP) is 7.80. The Kier molecular flexibility index (Phi) is 8.40. The van der Waals surface area contributed by atoms with Gasteiger partial charge in [-0.1, -0.05) is 20.8 Å². The summed E-state index contributed by atoms with van der Waals surface area (Å²) in [7, 11) is -1.91. The first-order valence-electron chi connectivity index (χ1n) is 13.1. The minimum Gasteiger partial charge on any atom is -0.490 e. The summed E-state index contributed by atoms with van der Waals surface area (Å²) in [5, 5.41) is 5.10. The molecule has 0 unspecified atom stereocenters. The number of benzene rings is 2. The number of alkyl halides is 3. The molecule has 1 fully saturated rings. The van der Waals surface area contributed by atoms with Crippen molar-refractivity contribution in [1.82, 2.24) is 10.3 Å². The fourth-order valence-electron chi connectivity index (χ4n) is 4.44. The molecule has 0 aliphatic heterocycles. The summed E-state index contributed by atoms with van der Waals surface area (Å²) in [6, 6.07) is 6.04.